The Bertz CT molecular complexity index is 381. The summed E-state index contributed by atoms with van der Waals surface area (Å²) >= 11 is 0. The second kappa shape index (κ2) is 5.38. The van der Waals surface area contributed by atoms with Gasteiger partial charge < -0.3 is 19.9 Å². The molecule has 2 N–H and O–H groups in total. The summed E-state index contributed by atoms with van der Waals surface area (Å²) in [5, 5.41) is 12.9. The summed E-state index contributed by atoms with van der Waals surface area (Å²) < 4.78 is 10.7. The maximum atomic E-state index is 9.37. The van der Waals surface area contributed by atoms with Gasteiger partial charge >= 0.3 is 0 Å². The fourth-order valence-corrected chi connectivity index (χ4v) is 2.11. The Balaban J connectivity index is 2.06. The molecule has 0 radical (unpaired) electrons. The van der Waals surface area contributed by atoms with Gasteiger partial charge in [-0.25, -0.2) is 0 Å². The van der Waals surface area contributed by atoms with E-state index in [0.29, 0.717) is 19.3 Å². The van der Waals surface area contributed by atoms with Crippen LogP contribution < -0.4 is 10.1 Å². The Morgan fingerprint density at radius 2 is 2.41 bits per heavy atom. The van der Waals surface area contributed by atoms with Crippen molar-refractivity contribution in [2.75, 3.05) is 20.3 Å². The molecule has 0 fully saturated rings. The average Bonchev–Trinajstić information content (AvgIpc) is 2.71. The summed E-state index contributed by atoms with van der Waals surface area (Å²) in [6.45, 7) is 3.43. The molecule has 0 amide bonds. The van der Waals surface area contributed by atoms with Crippen molar-refractivity contribution in [1.82, 2.24) is 5.32 Å². The lowest BCUT2D eigenvalue weighted by Gasteiger charge is -2.20. The van der Waals surface area contributed by atoms with E-state index in [2.05, 4.69) is 12.2 Å². The maximum absolute atomic E-state index is 9.37. The lowest BCUT2D eigenvalue weighted by atomic mass is 10.1. The fourth-order valence-electron chi connectivity index (χ4n) is 2.11. The van der Waals surface area contributed by atoms with Crippen LogP contribution >= 0.6 is 0 Å². The molecule has 2 rings (SSSR count). The second-order valence-corrected chi connectivity index (χ2v) is 4.31. The molecular weight excluding hydrogens is 218 g/mol. The summed E-state index contributed by atoms with van der Waals surface area (Å²) in [5.41, 5.74) is 1.11. The third-order valence-electron chi connectivity index (χ3n) is 3.08. The van der Waals surface area contributed by atoms with Gasteiger partial charge in [0.2, 0.25) is 0 Å². The smallest absolute Gasteiger partial charge is 0.127 e. The number of hydrogen-bond acceptors (Lipinski definition) is 4. The summed E-state index contributed by atoms with van der Waals surface area (Å²) in [6, 6.07) is 5.78. The van der Waals surface area contributed by atoms with E-state index in [0.717, 1.165) is 17.7 Å². The SMILES string of the molecule is CCC(COC)NC1COc2cc(O)ccc21. The Morgan fingerprint density at radius 1 is 1.59 bits per heavy atom. The lowest BCUT2D eigenvalue weighted by Crippen LogP contribution is -2.36. The molecule has 94 valence electrons. The largest absolute Gasteiger partial charge is 0.508 e. The molecule has 1 aliphatic rings. The van der Waals surface area contributed by atoms with Crippen molar-refractivity contribution < 1.29 is 14.6 Å². The maximum Gasteiger partial charge on any atom is 0.127 e. The first-order valence-corrected chi connectivity index (χ1v) is 5.95. The highest BCUT2D eigenvalue weighted by molar-refractivity contribution is 5.44. The number of methoxy groups -OCH3 is 1. The van der Waals surface area contributed by atoms with Crippen LogP contribution in [0.5, 0.6) is 11.5 Å². The molecule has 0 spiro atoms. The van der Waals surface area contributed by atoms with E-state index >= 15 is 0 Å². The Morgan fingerprint density at radius 3 is 3.12 bits per heavy atom. The fraction of sp³-hybridized carbons (Fsp3) is 0.538. The zero-order valence-corrected chi connectivity index (χ0v) is 10.3. The van der Waals surface area contributed by atoms with Gasteiger partial charge in [0.15, 0.2) is 0 Å². The number of phenols is 1. The molecule has 1 aromatic rings. The van der Waals surface area contributed by atoms with Gasteiger partial charge in [0.05, 0.1) is 12.6 Å². The van der Waals surface area contributed by atoms with E-state index in [1.54, 1.807) is 19.2 Å². The molecule has 4 heteroatoms. The molecule has 4 nitrogen and oxygen atoms in total. The number of phenolic OH excluding ortho intramolecular Hbond substituents is 1. The molecule has 0 aromatic heterocycles. The van der Waals surface area contributed by atoms with Gasteiger partial charge in [-0.05, 0) is 18.6 Å². The quantitative estimate of drug-likeness (QED) is 0.820. The minimum atomic E-state index is 0.186. The molecule has 1 aliphatic heterocycles. The number of nitrogens with one attached hydrogen (secondary N) is 1. The van der Waals surface area contributed by atoms with Crippen molar-refractivity contribution in [2.24, 2.45) is 0 Å². The first-order chi connectivity index (χ1) is 8.24. The molecule has 0 aliphatic carbocycles. The first-order valence-electron chi connectivity index (χ1n) is 5.95. The monoisotopic (exact) mass is 237 g/mol. The summed E-state index contributed by atoms with van der Waals surface area (Å²) in [4.78, 5) is 0. The minimum absolute atomic E-state index is 0.186. The van der Waals surface area contributed by atoms with Gasteiger partial charge in [-0.15, -0.1) is 0 Å². The molecule has 2 atom stereocenters. The van der Waals surface area contributed by atoms with Crippen molar-refractivity contribution in [3.8, 4) is 11.5 Å². The van der Waals surface area contributed by atoms with E-state index < -0.39 is 0 Å². The van der Waals surface area contributed by atoms with Crippen LogP contribution in [0, 0.1) is 0 Å². The molecule has 2 unspecified atom stereocenters. The van der Waals surface area contributed by atoms with Crippen molar-refractivity contribution in [3.63, 3.8) is 0 Å². The zero-order chi connectivity index (χ0) is 12.3. The van der Waals surface area contributed by atoms with Gasteiger partial charge in [-0.2, -0.15) is 0 Å². The van der Waals surface area contributed by atoms with Crippen LogP contribution in [-0.4, -0.2) is 31.5 Å². The number of fused-ring (bicyclic) bond motifs is 1. The van der Waals surface area contributed by atoms with Crippen molar-refractivity contribution >= 4 is 0 Å². The van der Waals surface area contributed by atoms with E-state index in [1.807, 2.05) is 6.07 Å². The molecule has 1 heterocycles. The van der Waals surface area contributed by atoms with Gasteiger partial charge in [-0.3, -0.25) is 0 Å². The van der Waals surface area contributed by atoms with Gasteiger partial charge in [0, 0.05) is 24.8 Å². The van der Waals surface area contributed by atoms with E-state index in [-0.39, 0.29) is 11.8 Å². The summed E-state index contributed by atoms with van der Waals surface area (Å²) in [6.07, 6.45) is 1.01. The Kier molecular flexibility index (Phi) is 3.86. The number of ether oxygens (including phenoxy) is 2. The van der Waals surface area contributed by atoms with Gasteiger partial charge in [-0.1, -0.05) is 6.92 Å². The van der Waals surface area contributed by atoms with Crippen LogP contribution in [0.3, 0.4) is 0 Å². The third kappa shape index (κ3) is 2.70. The van der Waals surface area contributed by atoms with E-state index in [4.69, 9.17) is 9.47 Å². The molecular formula is C13H19NO3. The standard InChI is InChI=1S/C13H19NO3/c1-3-9(7-16-2)14-12-8-17-13-6-10(15)4-5-11(12)13/h4-6,9,12,14-15H,3,7-8H2,1-2H3. The van der Waals surface area contributed by atoms with Gasteiger partial charge in [0.1, 0.15) is 18.1 Å². The average molecular weight is 237 g/mol. The minimum Gasteiger partial charge on any atom is -0.508 e. The lowest BCUT2D eigenvalue weighted by molar-refractivity contribution is 0.154. The molecule has 0 bridgehead atoms. The highest BCUT2D eigenvalue weighted by Gasteiger charge is 2.26. The van der Waals surface area contributed by atoms with Crippen LogP contribution in [0.2, 0.25) is 0 Å². The summed E-state index contributed by atoms with van der Waals surface area (Å²) in [7, 11) is 1.71. The number of aromatic hydroxyl groups is 1. The number of rotatable bonds is 5. The number of hydrogen-bond donors (Lipinski definition) is 2. The van der Waals surface area contributed by atoms with Crippen molar-refractivity contribution in [3.05, 3.63) is 23.8 Å². The third-order valence-corrected chi connectivity index (χ3v) is 3.08. The molecule has 0 saturated heterocycles. The Labute approximate surface area is 102 Å². The van der Waals surface area contributed by atoms with Crippen LogP contribution in [0.1, 0.15) is 24.9 Å². The van der Waals surface area contributed by atoms with E-state index in [9.17, 15) is 5.11 Å². The number of benzene rings is 1. The topological polar surface area (TPSA) is 50.7 Å². The summed E-state index contributed by atoms with van der Waals surface area (Å²) in [5.74, 6) is 1.02. The predicted octanol–water partition coefficient (Wildman–Crippen LogP) is 1.84. The van der Waals surface area contributed by atoms with Crippen LogP contribution in [0.4, 0.5) is 0 Å². The highest BCUT2D eigenvalue weighted by Crippen LogP contribution is 2.35. The Hall–Kier alpha value is -1.26. The van der Waals surface area contributed by atoms with Crippen LogP contribution in [0.15, 0.2) is 18.2 Å². The van der Waals surface area contributed by atoms with Crippen molar-refractivity contribution in [1.29, 1.82) is 0 Å². The van der Waals surface area contributed by atoms with Crippen LogP contribution in [0.25, 0.3) is 0 Å². The zero-order valence-electron chi connectivity index (χ0n) is 10.3. The molecule has 17 heavy (non-hydrogen) atoms. The predicted molar refractivity (Wildman–Crippen MR) is 65.4 cm³/mol. The van der Waals surface area contributed by atoms with Crippen LogP contribution in [-0.2, 0) is 4.74 Å². The normalized spacial score (nSPS) is 19.8. The second-order valence-electron chi connectivity index (χ2n) is 4.31. The van der Waals surface area contributed by atoms with E-state index in [1.165, 1.54) is 0 Å². The van der Waals surface area contributed by atoms with Crippen molar-refractivity contribution in [2.45, 2.75) is 25.4 Å². The first kappa shape index (κ1) is 12.2. The molecule has 1 aromatic carbocycles. The molecule has 0 saturated carbocycles. The highest BCUT2D eigenvalue weighted by atomic mass is 16.5. The van der Waals surface area contributed by atoms with Gasteiger partial charge in [0.25, 0.3) is 0 Å².